The number of nitrogens with one attached hydrogen (secondary N) is 1. The molecule has 2 N–H and O–H groups in total. The average Bonchev–Trinajstić information content (AvgIpc) is 2.85. The molecule has 0 saturated carbocycles. The van der Waals surface area contributed by atoms with Gasteiger partial charge in [-0.05, 0) is 44.9 Å². The van der Waals surface area contributed by atoms with Crippen molar-refractivity contribution in [2.24, 2.45) is 11.3 Å². The molecule has 0 radical (unpaired) electrons. The number of carbonyl (C=O) groups excluding carboxylic acids is 2. The summed E-state index contributed by atoms with van der Waals surface area (Å²) in [4.78, 5) is 36.1. The Kier molecular flexibility index (Phi) is 11.8. The minimum atomic E-state index is -5.80. The van der Waals surface area contributed by atoms with Gasteiger partial charge in [0.1, 0.15) is 0 Å². The van der Waals surface area contributed by atoms with Crippen molar-refractivity contribution in [3.63, 3.8) is 0 Å². The van der Waals surface area contributed by atoms with Crippen molar-refractivity contribution >= 4 is 23.7 Å². The fourth-order valence-electron chi connectivity index (χ4n) is 4.32. The highest BCUT2D eigenvalue weighted by Crippen LogP contribution is 2.44. The van der Waals surface area contributed by atoms with Gasteiger partial charge in [0, 0.05) is 50.9 Å². The number of alkyl halides is 9. The van der Waals surface area contributed by atoms with E-state index in [4.69, 9.17) is 9.47 Å². The third-order valence-corrected chi connectivity index (χ3v) is 6.60. The minimum Gasteiger partial charge on any atom is -0.465 e. The van der Waals surface area contributed by atoms with Crippen LogP contribution in [0.5, 0.6) is 0 Å². The zero-order chi connectivity index (χ0) is 33.7. The van der Waals surface area contributed by atoms with E-state index in [-0.39, 0.29) is 30.6 Å². The molecule has 9 nitrogen and oxygen atoms in total. The summed E-state index contributed by atoms with van der Waals surface area (Å²) in [6.07, 6.45) is -18.5. The van der Waals surface area contributed by atoms with Gasteiger partial charge in [0.15, 0.2) is 5.92 Å². The fraction of sp³-hybridized carbons (Fsp3) is 0.654. The largest absolute Gasteiger partial charge is 0.465 e. The molecule has 1 heterocycles. The first-order chi connectivity index (χ1) is 20.0. The number of esters is 2. The van der Waals surface area contributed by atoms with Crippen LogP contribution >= 0.6 is 0 Å². The van der Waals surface area contributed by atoms with Crippen molar-refractivity contribution in [3.8, 4) is 0 Å². The lowest BCUT2D eigenvalue weighted by molar-refractivity contribution is -0.302. The standard InChI is InChI=1S/C26H32F9N3O6/c1-23(2,3)21(40)44-14-43-19(39)5-4-8-36-17-11-16(24(27,28)29)7-6-15(17)12-37-9-10-38(22(41)42)13-18(37)20(25(30,31)32)26(33,34)35/h6-7,11,18,20,36H,4-5,8-10,12-14H2,1-3H3,(H,41,42). The minimum absolute atomic E-state index is 0.0220. The first kappa shape index (κ1) is 36.8. The number of halogens is 9. The lowest BCUT2D eigenvalue weighted by atomic mass is 9.93. The molecule has 1 atom stereocenters. The van der Waals surface area contributed by atoms with Crippen LogP contribution in [0.1, 0.15) is 44.7 Å². The molecular weight excluding hydrogens is 621 g/mol. The average molecular weight is 654 g/mol. The third-order valence-electron chi connectivity index (χ3n) is 6.60. The van der Waals surface area contributed by atoms with Crippen LogP contribution < -0.4 is 5.32 Å². The molecule has 0 aromatic heterocycles. The van der Waals surface area contributed by atoms with Crippen LogP contribution in [-0.2, 0) is 31.8 Å². The number of ether oxygens (including phenoxy) is 2. The zero-order valence-electron chi connectivity index (χ0n) is 23.8. The topological polar surface area (TPSA) is 108 Å². The van der Waals surface area contributed by atoms with Crippen LogP contribution in [-0.4, -0.2) is 84.3 Å². The van der Waals surface area contributed by atoms with E-state index < -0.39 is 92.5 Å². The van der Waals surface area contributed by atoms with Crippen LogP contribution in [0.4, 0.5) is 50.0 Å². The van der Waals surface area contributed by atoms with Crippen molar-refractivity contribution in [1.29, 1.82) is 0 Å². The smallest absolute Gasteiger partial charge is 0.416 e. The van der Waals surface area contributed by atoms with Crippen LogP contribution in [0, 0.1) is 11.3 Å². The normalized spacial score (nSPS) is 17.0. The van der Waals surface area contributed by atoms with E-state index in [0.717, 1.165) is 11.0 Å². The SMILES string of the molecule is CC(C)(C)C(=O)OCOC(=O)CCCNc1cc(C(F)(F)F)ccc1CN1CCN(C(=O)O)CC1C(C(F)(F)F)C(F)(F)F. The quantitative estimate of drug-likeness (QED) is 0.139. The molecule has 1 amide bonds. The van der Waals surface area contributed by atoms with Crippen LogP contribution in [0.3, 0.4) is 0 Å². The van der Waals surface area contributed by atoms with Crippen molar-refractivity contribution in [3.05, 3.63) is 29.3 Å². The van der Waals surface area contributed by atoms with Crippen molar-refractivity contribution in [2.75, 3.05) is 38.3 Å². The third kappa shape index (κ3) is 10.6. The maximum atomic E-state index is 13.6. The van der Waals surface area contributed by atoms with Crippen molar-refractivity contribution < 1.29 is 68.5 Å². The van der Waals surface area contributed by atoms with Crippen LogP contribution in [0.25, 0.3) is 0 Å². The summed E-state index contributed by atoms with van der Waals surface area (Å²) in [5, 5.41) is 11.8. The molecular formula is C26H32F9N3O6. The van der Waals surface area contributed by atoms with Gasteiger partial charge in [-0.2, -0.15) is 39.5 Å². The fourth-order valence-corrected chi connectivity index (χ4v) is 4.32. The molecule has 1 aromatic rings. The number of amides is 1. The molecule has 0 spiro atoms. The van der Waals surface area contributed by atoms with E-state index in [1.54, 1.807) is 20.8 Å². The molecule has 1 saturated heterocycles. The van der Waals surface area contributed by atoms with Gasteiger partial charge in [0.25, 0.3) is 0 Å². The first-order valence-corrected chi connectivity index (χ1v) is 13.1. The van der Waals surface area contributed by atoms with Gasteiger partial charge >= 0.3 is 36.6 Å². The lowest BCUT2D eigenvalue weighted by Gasteiger charge is -2.44. The van der Waals surface area contributed by atoms with Gasteiger partial charge in [-0.3, -0.25) is 14.5 Å². The van der Waals surface area contributed by atoms with Gasteiger partial charge in [-0.25, -0.2) is 4.79 Å². The predicted molar refractivity (Wildman–Crippen MR) is 135 cm³/mol. The monoisotopic (exact) mass is 653 g/mol. The van der Waals surface area contributed by atoms with E-state index in [0.29, 0.717) is 17.0 Å². The number of anilines is 1. The number of nitrogens with zero attached hydrogens (tertiary/aromatic N) is 2. The molecule has 1 aliphatic heterocycles. The highest BCUT2D eigenvalue weighted by Gasteiger charge is 2.62. The molecule has 1 aliphatic rings. The van der Waals surface area contributed by atoms with Gasteiger partial charge in [-0.1, -0.05) is 6.07 Å². The van der Waals surface area contributed by atoms with Gasteiger partial charge in [0.2, 0.25) is 6.79 Å². The molecule has 0 bridgehead atoms. The second-order valence-electron chi connectivity index (χ2n) is 11.0. The Bertz CT molecular complexity index is 1150. The van der Waals surface area contributed by atoms with E-state index in [1.165, 1.54) is 0 Å². The number of carboxylic acid groups (broad SMARTS) is 1. The van der Waals surface area contributed by atoms with E-state index in [1.807, 2.05) is 0 Å². The Labute approximate surface area is 246 Å². The number of hydrogen-bond acceptors (Lipinski definition) is 7. The number of piperazine rings is 1. The van der Waals surface area contributed by atoms with E-state index in [2.05, 4.69) is 5.32 Å². The summed E-state index contributed by atoms with van der Waals surface area (Å²) in [7, 11) is 0. The summed E-state index contributed by atoms with van der Waals surface area (Å²) in [5.74, 6) is -5.37. The van der Waals surface area contributed by atoms with Crippen molar-refractivity contribution in [2.45, 2.75) is 64.7 Å². The Morgan fingerprint density at radius 2 is 1.59 bits per heavy atom. The second-order valence-corrected chi connectivity index (χ2v) is 11.0. The molecule has 44 heavy (non-hydrogen) atoms. The highest BCUT2D eigenvalue weighted by atomic mass is 19.4. The van der Waals surface area contributed by atoms with Crippen LogP contribution in [0.15, 0.2) is 18.2 Å². The van der Waals surface area contributed by atoms with Gasteiger partial charge in [0.05, 0.1) is 11.0 Å². The molecule has 18 heteroatoms. The molecule has 1 fully saturated rings. The lowest BCUT2D eigenvalue weighted by Crippen LogP contribution is -2.62. The summed E-state index contributed by atoms with van der Waals surface area (Å²) in [6, 6.07) is -0.269. The number of rotatable bonds is 10. The molecule has 1 unspecified atom stereocenters. The van der Waals surface area contributed by atoms with E-state index in [9.17, 15) is 59.0 Å². The second kappa shape index (κ2) is 14.1. The summed E-state index contributed by atoms with van der Waals surface area (Å²) >= 11 is 0. The maximum absolute atomic E-state index is 13.6. The Hall–Kier alpha value is -3.44. The summed E-state index contributed by atoms with van der Waals surface area (Å²) in [5.41, 5.74) is -2.35. The number of hydrogen-bond donors (Lipinski definition) is 2. The maximum Gasteiger partial charge on any atom is 0.416 e. The predicted octanol–water partition coefficient (Wildman–Crippen LogP) is 5.89. The van der Waals surface area contributed by atoms with E-state index >= 15 is 0 Å². The Morgan fingerprint density at radius 1 is 0.977 bits per heavy atom. The Morgan fingerprint density at radius 3 is 2.11 bits per heavy atom. The first-order valence-electron chi connectivity index (χ1n) is 13.1. The molecule has 1 aromatic carbocycles. The highest BCUT2D eigenvalue weighted by molar-refractivity contribution is 5.75. The van der Waals surface area contributed by atoms with Gasteiger partial charge < -0.3 is 24.8 Å². The van der Waals surface area contributed by atoms with Crippen molar-refractivity contribution in [1.82, 2.24) is 9.80 Å². The number of carbonyl (C=O) groups is 3. The summed E-state index contributed by atoms with van der Waals surface area (Å²) in [6.45, 7) is 1.08. The number of benzene rings is 1. The Balaban J connectivity index is 2.22. The molecule has 250 valence electrons. The molecule has 2 rings (SSSR count). The zero-order valence-corrected chi connectivity index (χ0v) is 23.8. The summed E-state index contributed by atoms with van der Waals surface area (Å²) < 4.78 is 132. The molecule has 0 aliphatic carbocycles. The van der Waals surface area contributed by atoms with Crippen LogP contribution in [0.2, 0.25) is 0 Å². The van der Waals surface area contributed by atoms with Gasteiger partial charge in [-0.15, -0.1) is 0 Å².